The molecule has 0 amide bonds. The summed E-state index contributed by atoms with van der Waals surface area (Å²) in [7, 11) is 0. The zero-order valence-corrected chi connectivity index (χ0v) is 8.14. The van der Waals surface area contributed by atoms with Crippen LogP contribution in [0.5, 0.6) is 0 Å². The first-order valence-corrected chi connectivity index (χ1v) is 4.72. The molecule has 0 radical (unpaired) electrons. The van der Waals surface area contributed by atoms with Crippen molar-refractivity contribution in [2.24, 2.45) is 5.73 Å². The van der Waals surface area contributed by atoms with Crippen LogP contribution in [0.3, 0.4) is 0 Å². The van der Waals surface area contributed by atoms with Crippen LogP contribution in [0.25, 0.3) is 0 Å². The summed E-state index contributed by atoms with van der Waals surface area (Å²) in [6.45, 7) is 9.84. The van der Waals surface area contributed by atoms with E-state index in [2.05, 4.69) is 25.7 Å². The summed E-state index contributed by atoms with van der Waals surface area (Å²) in [4.78, 5) is 2.38. The Bertz CT molecular complexity index is 79.6. The minimum Gasteiger partial charge on any atom is -0.327 e. The SMILES string of the molecule is CCCC(N)CN(CC)CC. The van der Waals surface area contributed by atoms with Gasteiger partial charge in [0.15, 0.2) is 0 Å². The molecule has 0 aliphatic heterocycles. The molecule has 1 atom stereocenters. The van der Waals surface area contributed by atoms with Gasteiger partial charge in [-0.1, -0.05) is 27.2 Å². The van der Waals surface area contributed by atoms with Crippen LogP contribution in [0, 0.1) is 0 Å². The van der Waals surface area contributed by atoms with Crippen LogP contribution >= 0.6 is 0 Å². The van der Waals surface area contributed by atoms with E-state index in [4.69, 9.17) is 5.73 Å². The second-order valence-electron chi connectivity index (χ2n) is 3.03. The highest BCUT2D eigenvalue weighted by atomic mass is 15.1. The molecule has 0 aliphatic carbocycles. The fourth-order valence-electron chi connectivity index (χ4n) is 1.28. The molecule has 0 saturated carbocycles. The van der Waals surface area contributed by atoms with E-state index in [1.54, 1.807) is 0 Å². The molecule has 2 nitrogen and oxygen atoms in total. The lowest BCUT2D eigenvalue weighted by molar-refractivity contribution is 0.277. The standard InChI is InChI=1S/C9H22N2/c1-4-7-9(10)8-11(5-2)6-3/h9H,4-8,10H2,1-3H3. The Hall–Kier alpha value is -0.0800. The summed E-state index contributed by atoms with van der Waals surface area (Å²) in [6, 6.07) is 0.375. The molecule has 2 heteroatoms. The lowest BCUT2D eigenvalue weighted by Gasteiger charge is -2.21. The maximum absolute atomic E-state index is 5.89. The summed E-state index contributed by atoms with van der Waals surface area (Å²) in [5, 5.41) is 0. The fourth-order valence-corrected chi connectivity index (χ4v) is 1.28. The molecule has 0 rings (SSSR count). The predicted octanol–water partition coefficient (Wildman–Crippen LogP) is 1.46. The molecule has 1 unspecified atom stereocenters. The average Bonchev–Trinajstić information content (AvgIpc) is 2.01. The summed E-state index contributed by atoms with van der Waals surface area (Å²) < 4.78 is 0. The third-order valence-electron chi connectivity index (χ3n) is 2.05. The number of nitrogens with two attached hydrogens (primary N) is 1. The van der Waals surface area contributed by atoms with Gasteiger partial charge in [0.2, 0.25) is 0 Å². The molecule has 0 spiro atoms. The first-order valence-electron chi connectivity index (χ1n) is 4.72. The highest BCUT2D eigenvalue weighted by Gasteiger charge is 2.05. The number of rotatable bonds is 6. The summed E-state index contributed by atoms with van der Waals surface area (Å²) in [5.41, 5.74) is 5.89. The van der Waals surface area contributed by atoms with Gasteiger partial charge in [-0.2, -0.15) is 0 Å². The van der Waals surface area contributed by atoms with E-state index in [-0.39, 0.29) is 0 Å². The van der Waals surface area contributed by atoms with Crippen LogP contribution in [-0.2, 0) is 0 Å². The molecule has 0 fully saturated rings. The van der Waals surface area contributed by atoms with E-state index >= 15 is 0 Å². The molecule has 0 heterocycles. The van der Waals surface area contributed by atoms with Crippen LogP contribution in [0.15, 0.2) is 0 Å². The van der Waals surface area contributed by atoms with Gasteiger partial charge in [0, 0.05) is 12.6 Å². The predicted molar refractivity (Wildman–Crippen MR) is 50.7 cm³/mol. The fraction of sp³-hybridized carbons (Fsp3) is 1.00. The van der Waals surface area contributed by atoms with Crippen LogP contribution in [0.2, 0.25) is 0 Å². The molecule has 0 aromatic carbocycles. The quantitative estimate of drug-likeness (QED) is 0.634. The smallest absolute Gasteiger partial charge is 0.0167 e. The largest absolute Gasteiger partial charge is 0.327 e. The minimum atomic E-state index is 0.375. The Morgan fingerprint density at radius 3 is 2.09 bits per heavy atom. The van der Waals surface area contributed by atoms with Gasteiger partial charge in [-0.15, -0.1) is 0 Å². The highest BCUT2D eigenvalue weighted by molar-refractivity contribution is 4.65. The third kappa shape index (κ3) is 5.22. The van der Waals surface area contributed by atoms with Crippen LogP contribution < -0.4 is 5.73 Å². The molecule has 0 aromatic heterocycles. The molecule has 0 aromatic rings. The molecular formula is C9H22N2. The number of likely N-dealkylation sites (N-methyl/N-ethyl adjacent to an activating group) is 1. The Morgan fingerprint density at radius 2 is 1.73 bits per heavy atom. The van der Waals surface area contributed by atoms with E-state index in [1.807, 2.05) is 0 Å². The monoisotopic (exact) mass is 158 g/mol. The molecule has 0 bridgehead atoms. The van der Waals surface area contributed by atoms with Gasteiger partial charge in [-0.3, -0.25) is 0 Å². The molecule has 68 valence electrons. The van der Waals surface area contributed by atoms with E-state index in [9.17, 15) is 0 Å². The minimum absolute atomic E-state index is 0.375. The highest BCUT2D eigenvalue weighted by Crippen LogP contribution is 1.96. The first-order chi connectivity index (χ1) is 5.24. The van der Waals surface area contributed by atoms with Crippen molar-refractivity contribution in [1.82, 2.24) is 4.90 Å². The number of hydrogen-bond acceptors (Lipinski definition) is 2. The van der Waals surface area contributed by atoms with E-state index in [0.29, 0.717) is 6.04 Å². The van der Waals surface area contributed by atoms with Crippen molar-refractivity contribution in [1.29, 1.82) is 0 Å². The summed E-state index contributed by atoms with van der Waals surface area (Å²) >= 11 is 0. The van der Waals surface area contributed by atoms with E-state index in [1.165, 1.54) is 6.42 Å². The maximum atomic E-state index is 5.89. The van der Waals surface area contributed by atoms with Crippen LogP contribution in [0.4, 0.5) is 0 Å². The van der Waals surface area contributed by atoms with Crippen molar-refractivity contribution in [2.45, 2.75) is 39.7 Å². The zero-order valence-electron chi connectivity index (χ0n) is 8.14. The Kier molecular flexibility index (Phi) is 6.57. The zero-order chi connectivity index (χ0) is 8.69. The van der Waals surface area contributed by atoms with E-state index in [0.717, 1.165) is 26.1 Å². The number of nitrogens with zero attached hydrogens (tertiary/aromatic N) is 1. The van der Waals surface area contributed by atoms with Crippen LogP contribution in [-0.4, -0.2) is 30.6 Å². The Labute approximate surface area is 70.8 Å². The normalized spacial score (nSPS) is 13.9. The van der Waals surface area contributed by atoms with Gasteiger partial charge in [-0.25, -0.2) is 0 Å². The van der Waals surface area contributed by atoms with Gasteiger partial charge in [-0.05, 0) is 19.5 Å². The Morgan fingerprint density at radius 1 is 1.18 bits per heavy atom. The second-order valence-corrected chi connectivity index (χ2v) is 3.03. The van der Waals surface area contributed by atoms with Gasteiger partial charge in [0.05, 0.1) is 0 Å². The van der Waals surface area contributed by atoms with Gasteiger partial charge in [0.25, 0.3) is 0 Å². The van der Waals surface area contributed by atoms with Gasteiger partial charge in [0.1, 0.15) is 0 Å². The van der Waals surface area contributed by atoms with Crippen molar-refractivity contribution in [3.05, 3.63) is 0 Å². The van der Waals surface area contributed by atoms with Gasteiger partial charge >= 0.3 is 0 Å². The molecular weight excluding hydrogens is 136 g/mol. The second kappa shape index (κ2) is 6.62. The first kappa shape index (κ1) is 10.9. The topological polar surface area (TPSA) is 29.3 Å². The molecule has 11 heavy (non-hydrogen) atoms. The van der Waals surface area contributed by atoms with Crippen molar-refractivity contribution < 1.29 is 0 Å². The molecule has 2 N–H and O–H groups in total. The van der Waals surface area contributed by atoms with Crippen molar-refractivity contribution in [3.63, 3.8) is 0 Å². The lowest BCUT2D eigenvalue weighted by Crippen LogP contribution is -2.37. The lowest BCUT2D eigenvalue weighted by atomic mass is 10.2. The third-order valence-corrected chi connectivity index (χ3v) is 2.05. The number of hydrogen-bond donors (Lipinski definition) is 1. The van der Waals surface area contributed by atoms with Gasteiger partial charge < -0.3 is 10.6 Å². The van der Waals surface area contributed by atoms with E-state index < -0.39 is 0 Å². The summed E-state index contributed by atoms with van der Waals surface area (Å²) in [5.74, 6) is 0. The van der Waals surface area contributed by atoms with Crippen molar-refractivity contribution >= 4 is 0 Å². The average molecular weight is 158 g/mol. The van der Waals surface area contributed by atoms with Crippen LogP contribution in [0.1, 0.15) is 33.6 Å². The van der Waals surface area contributed by atoms with Crippen molar-refractivity contribution in [2.75, 3.05) is 19.6 Å². The van der Waals surface area contributed by atoms with Crippen molar-refractivity contribution in [3.8, 4) is 0 Å². The maximum Gasteiger partial charge on any atom is 0.0167 e. The summed E-state index contributed by atoms with van der Waals surface area (Å²) in [6.07, 6.45) is 2.35. The Balaban J connectivity index is 3.44. The molecule has 0 aliphatic rings. The molecule has 0 saturated heterocycles.